The fraction of sp³-hybridized carbons (Fsp3) is 0.222. The quantitative estimate of drug-likeness (QED) is 0.859. The summed E-state index contributed by atoms with van der Waals surface area (Å²) < 4.78 is 5.85. The Bertz CT molecular complexity index is 577. The van der Waals surface area contributed by atoms with Crippen molar-refractivity contribution >= 4 is 0 Å². The van der Waals surface area contributed by atoms with Crippen molar-refractivity contribution in [1.82, 2.24) is 0 Å². The molecule has 3 rings (SSSR count). The predicted molar refractivity (Wildman–Crippen MR) is 79.2 cm³/mol. The molecule has 1 N–H and O–H groups in total. The highest BCUT2D eigenvalue weighted by Crippen LogP contribution is 2.42. The molecule has 1 unspecified atom stereocenters. The monoisotopic (exact) mass is 266 g/mol. The van der Waals surface area contributed by atoms with Gasteiger partial charge in [0.05, 0.1) is 12.7 Å². The maximum Gasteiger partial charge on any atom is 0.104 e. The van der Waals surface area contributed by atoms with Crippen LogP contribution in [-0.2, 0) is 4.74 Å². The van der Waals surface area contributed by atoms with E-state index < -0.39 is 6.10 Å². The van der Waals surface area contributed by atoms with Gasteiger partial charge in [-0.25, -0.2) is 0 Å². The maximum atomic E-state index is 10.5. The number of hydrogen-bond acceptors (Lipinski definition) is 2. The third kappa shape index (κ3) is 2.40. The van der Waals surface area contributed by atoms with Crippen molar-refractivity contribution in [3.05, 3.63) is 83.9 Å². The van der Waals surface area contributed by atoms with E-state index >= 15 is 0 Å². The van der Waals surface area contributed by atoms with Crippen LogP contribution in [0.4, 0.5) is 0 Å². The molecule has 1 heterocycles. The van der Waals surface area contributed by atoms with Gasteiger partial charge < -0.3 is 9.84 Å². The molecule has 2 heteroatoms. The van der Waals surface area contributed by atoms with Gasteiger partial charge in [-0.2, -0.15) is 0 Å². The summed E-state index contributed by atoms with van der Waals surface area (Å²) in [7, 11) is 0. The minimum absolute atomic E-state index is 0.0531. The summed E-state index contributed by atoms with van der Waals surface area (Å²) >= 11 is 0. The van der Waals surface area contributed by atoms with Crippen molar-refractivity contribution in [2.75, 3.05) is 6.61 Å². The van der Waals surface area contributed by atoms with Gasteiger partial charge in [0, 0.05) is 5.92 Å². The number of benzene rings is 2. The Balaban J connectivity index is 1.79. The summed E-state index contributed by atoms with van der Waals surface area (Å²) in [4.78, 5) is 0. The van der Waals surface area contributed by atoms with Crippen molar-refractivity contribution in [1.29, 1.82) is 0 Å². The maximum absolute atomic E-state index is 10.5. The number of aliphatic hydroxyl groups excluding tert-OH is 1. The third-order valence-corrected chi connectivity index (χ3v) is 3.88. The first-order valence-corrected chi connectivity index (χ1v) is 6.85. The van der Waals surface area contributed by atoms with E-state index in [9.17, 15) is 5.11 Å². The van der Waals surface area contributed by atoms with Crippen molar-refractivity contribution in [2.24, 2.45) is 5.92 Å². The Hall–Kier alpha value is -1.90. The average molecular weight is 266 g/mol. The molecule has 0 aromatic heterocycles. The standard InChI is InChI=1S/C18H18O2/c1-13-16(17(19)14-8-4-2-5-9-14)12-20-18(13)15-10-6-3-7-11-15/h2-11,16-19H,1,12H2/t16-,17+,18?/m1/s1. The van der Waals surface area contributed by atoms with Gasteiger partial charge in [0.15, 0.2) is 0 Å². The van der Waals surface area contributed by atoms with E-state index in [1.165, 1.54) is 0 Å². The zero-order chi connectivity index (χ0) is 13.9. The summed E-state index contributed by atoms with van der Waals surface area (Å²) in [6.45, 7) is 4.66. The minimum atomic E-state index is -0.558. The van der Waals surface area contributed by atoms with Gasteiger partial charge in [-0.3, -0.25) is 0 Å². The van der Waals surface area contributed by atoms with Crippen molar-refractivity contribution in [3.8, 4) is 0 Å². The molecule has 0 bridgehead atoms. The molecule has 3 atom stereocenters. The first-order valence-electron chi connectivity index (χ1n) is 6.85. The van der Waals surface area contributed by atoms with Gasteiger partial charge in [-0.1, -0.05) is 67.2 Å². The summed E-state index contributed by atoms with van der Waals surface area (Å²) in [6.07, 6.45) is -0.669. The summed E-state index contributed by atoms with van der Waals surface area (Å²) in [5.74, 6) is -0.0531. The largest absolute Gasteiger partial charge is 0.388 e. The lowest BCUT2D eigenvalue weighted by atomic mass is 9.88. The van der Waals surface area contributed by atoms with Crippen molar-refractivity contribution < 1.29 is 9.84 Å². The summed E-state index contributed by atoms with van der Waals surface area (Å²) in [5.41, 5.74) is 2.96. The topological polar surface area (TPSA) is 29.5 Å². The molecule has 102 valence electrons. The highest BCUT2D eigenvalue weighted by molar-refractivity contribution is 5.31. The van der Waals surface area contributed by atoms with Crippen LogP contribution >= 0.6 is 0 Å². The molecular formula is C18H18O2. The van der Waals surface area contributed by atoms with Crippen LogP contribution in [0, 0.1) is 5.92 Å². The Morgan fingerprint density at radius 3 is 2.25 bits per heavy atom. The van der Waals surface area contributed by atoms with Crippen LogP contribution in [0.3, 0.4) is 0 Å². The highest BCUT2D eigenvalue weighted by Gasteiger charge is 2.35. The van der Waals surface area contributed by atoms with Gasteiger partial charge in [-0.05, 0) is 16.7 Å². The molecule has 0 saturated carbocycles. The zero-order valence-electron chi connectivity index (χ0n) is 11.3. The average Bonchev–Trinajstić information content (AvgIpc) is 2.90. The van der Waals surface area contributed by atoms with Crippen LogP contribution in [0.25, 0.3) is 0 Å². The molecule has 0 amide bonds. The first-order chi connectivity index (χ1) is 9.77. The van der Waals surface area contributed by atoms with Crippen LogP contribution in [0.2, 0.25) is 0 Å². The SMILES string of the molecule is C=C1C(c2ccccc2)OC[C@H]1[C@@H](O)c1ccccc1. The van der Waals surface area contributed by atoms with Crippen LogP contribution < -0.4 is 0 Å². The van der Waals surface area contributed by atoms with Gasteiger partial charge >= 0.3 is 0 Å². The molecule has 2 nitrogen and oxygen atoms in total. The summed E-state index contributed by atoms with van der Waals surface area (Å²) in [5, 5.41) is 10.5. The number of rotatable bonds is 3. The van der Waals surface area contributed by atoms with E-state index in [0.717, 1.165) is 16.7 Å². The second-order valence-corrected chi connectivity index (χ2v) is 5.16. The van der Waals surface area contributed by atoms with E-state index in [2.05, 4.69) is 6.58 Å². The Labute approximate surface area is 119 Å². The lowest BCUT2D eigenvalue weighted by Crippen LogP contribution is -2.14. The molecule has 2 aromatic rings. The number of aliphatic hydroxyl groups is 1. The fourth-order valence-corrected chi connectivity index (χ4v) is 2.72. The molecule has 1 saturated heterocycles. The van der Waals surface area contributed by atoms with Crippen LogP contribution in [0.15, 0.2) is 72.8 Å². The summed E-state index contributed by atoms with van der Waals surface area (Å²) in [6, 6.07) is 19.7. The molecule has 1 fully saturated rings. The Morgan fingerprint density at radius 2 is 1.60 bits per heavy atom. The molecule has 1 aliphatic heterocycles. The van der Waals surface area contributed by atoms with Gasteiger partial charge in [0.2, 0.25) is 0 Å². The molecule has 0 aliphatic carbocycles. The molecule has 0 spiro atoms. The third-order valence-electron chi connectivity index (χ3n) is 3.88. The number of ether oxygens (including phenoxy) is 1. The van der Waals surface area contributed by atoms with Crippen molar-refractivity contribution in [3.63, 3.8) is 0 Å². The number of hydrogen-bond donors (Lipinski definition) is 1. The van der Waals surface area contributed by atoms with E-state index in [-0.39, 0.29) is 12.0 Å². The highest BCUT2D eigenvalue weighted by atomic mass is 16.5. The van der Waals surface area contributed by atoms with E-state index in [0.29, 0.717) is 6.61 Å². The molecule has 0 radical (unpaired) electrons. The van der Waals surface area contributed by atoms with Gasteiger partial charge in [0.25, 0.3) is 0 Å². The smallest absolute Gasteiger partial charge is 0.104 e. The predicted octanol–water partition coefficient (Wildman–Crippen LogP) is 3.66. The van der Waals surface area contributed by atoms with Crippen LogP contribution in [0.1, 0.15) is 23.3 Å². The molecule has 2 aromatic carbocycles. The van der Waals surface area contributed by atoms with Crippen LogP contribution in [-0.4, -0.2) is 11.7 Å². The normalized spacial score (nSPS) is 23.8. The van der Waals surface area contributed by atoms with Gasteiger partial charge in [-0.15, -0.1) is 0 Å². The first kappa shape index (κ1) is 13.1. The van der Waals surface area contributed by atoms with Gasteiger partial charge in [0.1, 0.15) is 6.10 Å². The van der Waals surface area contributed by atoms with E-state index in [1.807, 2.05) is 60.7 Å². The lowest BCUT2D eigenvalue weighted by Gasteiger charge is -2.19. The molecular weight excluding hydrogens is 248 g/mol. The molecule has 20 heavy (non-hydrogen) atoms. The van der Waals surface area contributed by atoms with E-state index in [4.69, 9.17) is 4.74 Å². The second kappa shape index (κ2) is 5.61. The van der Waals surface area contributed by atoms with Crippen molar-refractivity contribution in [2.45, 2.75) is 12.2 Å². The lowest BCUT2D eigenvalue weighted by molar-refractivity contribution is 0.0759. The van der Waals surface area contributed by atoms with Crippen LogP contribution in [0.5, 0.6) is 0 Å². The fourth-order valence-electron chi connectivity index (χ4n) is 2.72. The molecule has 1 aliphatic rings. The Kier molecular flexibility index (Phi) is 3.68. The Morgan fingerprint density at radius 1 is 1.00 bits per heavy atom. The zero-order valence-corrected chi connectivity index (χ0v) is 11.3. The second-order valence-electron chi connectivity index (χ2n) is 5.16. The van der Waals surface area contributed by atoms with E-state index in [1.54, 1.807) is 0 Å². The minimum Gasteiger partial charge on any atom is -0.388 e.